The standard InChI is InChI=1S/C13H15BrN2OS/c1-8-3-4-11(17-2)10(5-8)13(16-15)12-6-9(14)7-18-12/h3-7,13,16H,15H2,1-2H3. The summed E-state index contributed by atoms with van der Waals surface area (Å²) in [7, 11) is 1.67. The average molecular weight is 327 g/mol. The van der Waals surface area contributed by atoms with Crippen molar-refractivity contribution in [3.63, 3.8) is 0 Å². The van der Waals surface area contributed by atoms with Gasteiger partial charge in [-0.25, -0.2) is 5.43 Å². The van der Waals surface area contributed by atoms with Gasteiger partial charge in [-0.2, -0.15) is 0 Å². The summed E-state index contributed by atoms with van der Waals surface area (Å²) in [4.78, 5) is 1.15. The monoisotopic (exact) mass is 326 g/mol. The zero-order valence-electron chi connectivity index (χ0n) is 10.2. The van der Waals surface area contributed by atoms with E-state index in [0.29, 0.717) is 0 Å². The summed E-state index contributed by atoms with van der Waals surface area (Å²) in [6.45, 7) is 2.06. The number of halogens is 1. The van der Waals surface area contributed by atoms with Crippen molar-refractivity contribution in [2.24, 2.45) is 5.84 Å². The number of rotatable bonds is 4. The Bertz CT molecular complexity index is 542. The van der Waals surface area contributed by atoms with Gasteiger partial charge in [0.05, 0.1) is 13.2 Å². The zero-order chi connectivity index (χ0) is 13.1. The largest absolute Gasteiger partial charge is 0.496 e. The van der Waals surface area contributed by atoms with Crippen LogP contribution in [0.5, 0.6) is 5.75 Å². The Morgan fingerprint density at radius 1 is 1.39 bits per heavy atom. The third kappa shape index (κ3) is 2.75. The molecule has 0 amide bonds. The van der Waals surface area contributed by atoms with Crippen molar-refractivity contribution < 1.29 is 4.74 Å². The van der Waals surface area contributed by atoms with Crippen molar-refractivity contribution >= 4 is 27.3 Å². The molecule has 96 valence electrons. The summed E-state index contributed by atoms with van der Waals surface area (Å²) in [5, 5.41) is 2.04. The third-order valence-electron chi connectivity index (χ3n) is 2.74. The number of thiophene rings is 1. The SMILES string of the molecule is COc1ccc(C)cc1C(NN)c1cc(Br)cs1. The molecule has 1 heterocycles. The van der Waals surface area contributed by atoms with E-state index in [1.54, 1.807) is 18.4 Å². The molecule has 3 nitrogen and oxygen atoms in total. The van der Waals surface area contributed by atoms with E-state index in [0.717, 1.165) is 20.7 Å². The number of ether oxygens (including phenoxy) is 1. The van der Waals surface area contributed by atoms with Gasteiger partial charge < -0.3 is 4.74 Å². The Kier molecular flexibility index (Phi) is 4.40. The first-order chi connectivity index (χ1) is 8.65. The van der Waals surface area contributed by atoms with Crippen LogP contribution in [0.3, 0.4) is 0 Å². The lowest BCUT2D eigenvalue weighted by molar-refractivity contribution is 0.404. The Morgan fingerprint density at radius 3 is 2.72 bits per heavy atom. The molecule has 1 unspecified atom stereocenters. The maximum atomic E-state index is 5.71. The second-order valence-electron chi connectivity index (χ2n) is 4.01. The summed E-state index contributed by atoms with van der Waals surface area (Å²) in [6, 6.07) is 8.10. The fourth-order valence-electron chi connectivity index (χ4n) is 1.88. The third-order valence-corrected chi connectivity index (χ3v) is 4.49. The fourth-order valence-corrected chi connectivity index (χ4v) is 3.41. The predicted octanol–water partition coefficient (Wildman–Crippen LogP) is 3.38. The van der Waals surface area contributed by atoms with Gasteiger partial charge in [0.1, 0.15) is 5.75 Å². The number of nitrogens with one attached hydrogen (secondary N) is 1. The molecule has 3 N–H and O–H groups in total. The minimum atomic E-state index is -0.0591. The van der Waals surface area contributed by atoms with Crippen molar-refractivity contribution in [3.05, 3.63) is 50.1 Å². The molecule has 0 saturated carbocycles. The predicted molar refractivity (Wildman–Crippen MR) is 78.9 cm³/mol. The summed E-state index contributed by atoms with van der Waals surface area (Å²) in [5.74, 6) is 6.55. The quantitative estimate of drug-likeness (QED) is 0.668. The van der Waals surface area contributed by atoms with Crippen molar-refractivity contribution in [3.8, 4) is 5.75 Å². The van der Waals surface area contributed by atoms with E-state index in [-0.39, 0.29) is 6.04 Å². The number of hydrogen-bond donors (Lipinski definition) is 2. The van der Waals surface area contributed by atoms with Crippen LogP contribution in [0.2, 0.25) is 0 Å². The highest BCUT2D eigenvalue weighted by atomic mass is 79.9. The number of aryl methyl sites for hydroxylation is 1. The lowest BCUT2D eigenvalue weighted by Gasteiger charge is -2.18. The van der Waals surface area contributed by atoms with Crippen molar-refractivity contribution in [1.29, 1.82) is 0 Å². The lowest BCUT2D eigenvalue weighted by atomic mass is 10.0. The van der Waals surface area contributed by atoms with Gasteiger partial charge in [0.25, 0.3) is 0 Å². The highest BCUT2D eigenvalue weighted by Gasteiger charge is 2.18. The molecule has 0 aliphatic carbocycles. The van der Waals surface area contributed by atoms with E-state index in [1.165, 1.54) is 5.56 Å². The molecule has 1 aromatic carbocycles. The summed E-state index contributed by atoms with van der Waals surface area (Å²) >= 11 is 5.12. The van der Waals surface area contributed by atoms with Crippen molar-refractivity contribution in [2.75, 3.05) is 7.11 Å². The molecule has 0 saturated heterocycles. The van der Waals surface area contributed by atoms with E-state index in [4.69, 9.17) is 10.6 Å². The number of benzene rings is 1. The van der Waals surface area contributed by atoms with E-state index < -0.39 is 0 Å². The molecule has 0 aliphatic rings. The van der Waals surface area contributed by atoms with E-state index in [9.17, 15) is 0 Å². The van der Waals surface area contributed by atoms with Crippen LogP contribution in [-0.4, -0.2) is 7.11 Å². The molecule has 0 spiro atoms. The Balaban J connectivity index is 2.47. The van der Waals surface area contributed by atoms with E-state index in [2.05, 4.69) is 40.4 Å². The highest BCUT2D eigenvalue weighted by molar-refractivity contribution is 9.10. The first-order valence-corrected chi connectivity index (χ1v) is 7.17. The van der Waals surface area contributed by atoms with Crippen LogP contribution in [0.1, 0.15) is 22.0 Å². The Labute approximate surface area is 119 Å². The van der Waals surface area contributed by atoms with Crippen molar-refractivity contribution in [2.45, 2.75) is 13.0 Å². The molecule has 18 heavy (non-hydrogen) atoms. The van der Waals surface area contributed by atoms with Crippen LogP contribution in [0.25, 0.3) is 0 Å². The topological polar surface area (TPSA) is 47.3 Å². The van der Waals surface area contributed by atoms with Crippen LogP contribution < -0.4 is 16.0 Å². The van der Waals surface area contributed by atoms with E-state index >= 15 is 0 Å². The van der Waals surface area contributed by atoms with Gasteiger partial charge in [-0.15, -0.1) is 11.3 Å². The van der Waals surface area contributed by atoms with Gasteiger partial charge in [-0.3, -0.25) is 5.84 Å². The highest BCUT2D eigenvalue weighted by Crippen LogP contribution is 2.34. The maximum Gasteiger partial charge on any atom is 0.124 e. The molecule has 0 radical (unpaired) electrons. The minimum absolute atomic E-state index is 0.0591. The molecular weight excluding hydrogens is 312 g/mol. The Morgan fingerprint density at radius 2 is 2.17 bits per heavy atom. The van der Waals surface area contributed by atoms with E-state index in [1.807, 2.05) is 17.5 Å². The molecule has 1 atom stereocenters. The van der Waals surface area contributed by atoms with Gasteiger partial charge in [0.15, 0.2) is 0 Å². The van der Waals surface area contributed by atoms with Gasteiger partial charge >= 0.3 is 0 Å². The molecule has 2 aromatic rings. The average Bonchev–Trinajstić information content (AvgIpc) is 2.77. The molecule has 1 aromatic heterocycles. The Hall–Kier alpha value is -0.880. The van der Waals surface area contributed by atoms with Crippen LogP contribution >= 0.6 is 27.3 Å². The fraction of sp³-hybridized carbons (Fsp3) is 0.231. The lowest BCUT2D eigenvalue weighted by Crippen LogP contribution is -2.28. The number of hydrazine groups is 1. The summed E-state index contributed by atoms with van der Waals surface area (Å²) in [6.07, 6.45) is 0. The molecule has 5 heteroatoms. The summed E-state index contributed by atoms with van der Waals surface area (Å²) in [5.41, 5.74) is 5.09. The van der Waals surface area contributed by atoms with Gasteiger partial charge in [-0.05, 0) is 35.0 Å². The molecule has 2 rings (SSSR count). The molecule has 0 aliphatic heterocycles. The second kappa shape index (κ2) is 5.84. The van der Waals surface area contributed by atoms with Gasteiger partial charge in [0.2, 0.25) is 0 Å². The van der Waals surface area contributed by atoms with Crippen LogP contribution in [0, 0.1) is 6.92 Å². The van der Waals surface area contributed by atoms with Crippen LogP contribution in [0.4, 0.5) is 0 Å². The number of methoxy groups -OCH3 is 1. The molecule has 0 bridgehead atoms. The van der Waals surface area contributed by atoms with Crippen molar-refractivity contribution in [1.82, 2.24) is 5.43 Å². The molecular formula is C13H15BrN2OS. The first-order valence-electron chi connectivity index (χ1n) is 5.50. The zero-order valence-corrected chi connectivity index (χ0v) is 12.6. The van der Waals surface area contributed by atoms with Gasteiger partial charge in [0, 0.05) is 20.3 Å². The number of nitrogens with two attached hydrogens (primary N) is 1. The summed E-state index contributed by atoms with van der Waals surface area (Å²) < 4.78 is 6.47. The molecule has 0 fully saturated rings. The van der Waals surface area contributed by atoms with Crippen LogP contribution in [-0.2, 0) is 0 Å². The smallest absolute Gasteiger partial charge is 0.124 e. The maximum absolute atomic E-state index is 5.71. The second-order valence-corrected chi connectivity index (χ2v) is 5.87. The van der Waals surface area contributed by atoms with Crippen LogP contribution in [0.15, 0.2) is 34.1 Å². The normalized spacial score (nSPS) is 12.4. The first kappa shape index (κ1) is 13.5. The number of hydrogen-bond acceptors (Lipinski definition) is 4. The minimum Gasteiger partial charge on any atom is -0.496 e. The van der Waals surface area contributed by atoms with Gasteiger partial charge in [-0.1, -0.05) is 17.7 Å².